The van der Waals surface area contributed by atoms with E-state index in [1.807, 2.05) is 0 Å². The Bertz CT molecular complexity index is 568. The highest BCUT2D eigenvalue weighted by Gasteiger charge is 2.15. The van der Waals surface area contributed by atoms with E-state index in [0.717, 1.165) is 13.2 Å². The lowest BCUT2D eigenvalue weighted by Crippen LogP contribution is -2.36. The van der Waals surface area contributed by atoms with Crippen LogP contribution < -0.4 is 10.6 Å². The van der Waals surface area contributed by atoms with E-state index < -0.39 is 0 Å². The summed E-state index contributed by atoms with van der Waals surface area (Å²) in [4.78, 5) is 2.38. The van der Waals surface area contributed by atoms with Gasteiger partial charge in [0.15, 0.2) is 0 Å². The highest BCUT2D eigenvalue weighted by molar-refractivity contribution is 5.96. The van der Waals surface area contributed by atoms with Crippen LogP contribution >= 0.6 is 0 Å². The monoisotopic (exact) mass is 272 g/mol. The van der Waals surface area contributed by atoms with Crippen LogP contribution in [0.1, 0.15) is 19.4 Å². The van der Waals surface area contributed by atoms with Gasteiger partial charge in [-0.2, -0.15) is 0 Å². The van der Waals surface area contributed by atoms with Crippen molar-refractivity contribution in [1.29, 1.82) is 0 Å². The molecule has 0 aromatic heterocycles. The van der Waals surface area contributed by atoms with E-state index in [2.05, 4.69) is 55.1 Å². The fraction of sp³-hybridized carbons (Fsp3) is 0.412. The molecule has 0 saturated heterocycles. The van der Waals surface area contributed by atoms with Crippen molar-refractivity contribution in [3.05, 3.63) is 42.0 Å². The summed E-state index contributed by atoms with van der Waals surface area (Å²) in [5, 5.41) is 2.51. The van der Waals surface area contributed by atoms with Crippen LogP contribution in [0.15, 0.2) is 36.4 Å². The Balaban J connectivity index is 2.53. The van der Waals surface area contributed by atoms with Crippen LogP contribution in [-0.2, 0) is 11.3 Å². The van der Waals surface area contributed by atoms with Crippen molar-refractivity contribution in [3.8, 4) is 0 Å². The summed E-state index contributed by atoms with van der Waals surface area (Å²) in [5.74, 6) is 0. The lowest BCUT2D eigenvalue weighted by atomic mass is 10.0. The van der Waals surface area contributed by atoms with E-state index in [9.17, 15) is 0 Å². The second-order valence-electron chi connectivity index (χ2n) is 5.08. The van der Waals surface area contributed by atoms with E-state index in [4.69, 9.17) is 10.5 Å². The Hall–Kier alpha value is -1.58. The van der Waals surface area contributed by atoms with Gasteiger partial charge in [-0.25, -0.2) is 0 Å². The van der Waals surface area contributed by atoms with Crippen molar-refractivity contribution >= 4 is 16.5 Å². The van der Waals surface area contributed by atoms with Gasteiger partial charge >= 0.3 is 0 Å². The van der Waals surface area contributed by atoms with Gasteiger partial charge in [0.1, 0.15) is 0 Å². The summed E-state index contributed by atoms with van der Waals surface area (Å²) in [5.41, 5.74) is 8.30. The molecule has 2 aromatic rings. The van der Waals surface area contributed by atoms with Gasteiger partial charge in [-0.05, 0) is 30.9 Å². The zero-order valence-corrected chi connectivity index (χ0v) is 12.6. The molecule has 1 unspecified atom stereocenters. The summed E-state index contributed by atoms with van der Waals surface area (Å²) < 4.78 is 5.30. The number of hydrogen-bond acceptors (Lipinski definition) is 3. The second kappa shape index (κ2) is 6.73. The van der Waals surface area contributed by atoms with Crippen LogP contribution in [-0.4, -0.2) is 26.3 Å². The fourth-order valence-electron chi connectivity index (χ4n) is 2.82. The molecule has 2 rings (SSSR count). The lowest BCUT2D eigenvalue weighted by Gasteiger charge is -2.31. The molecule has 108 valence electrons. The van der Waals surface area contributed by atoms with E-state index >= 15 is 0 Å². The van der Waals surface area contributed by atoms with Gasteiger partial charge < -0.3 is 15.4 Å². The first-order chi connectivity index (χ1) is 9.72. The molecule has 0 aliphatic heterocycles. The number of likely N-dealkylation sites (N-methyl/N-ethyl adjacent to an activating group) is 1. The van der Waals surface area contributed by atoms with Crippen molar-refractivity contribution in [3.63, 3.8) is 0 Å². The largest absolute Gasteiger partial charge is 0.383 e. The molecule has 0 heterocycles. The van der Waals surface area contributed by atoms with Crippen molar-refractivity contribution in [2.75, 3.05) is 25.2 Å². The molecule has 0 bridgehead atoms. The molecule has 1 atom stereocenters. The van der Waals surface area contributed by atoms with Gasteiger partial charge in [-0.1, -0.05) is 30.3 Å². The Labute approximate surface area is 121 Å². The van der Waals surface area contributed by atoms with Gasteiger partial charge in [0.25, 0.3) is 0 Å². The molecule has 0 saturated carbocycles. The molecule has 0 aliphatic rings. The summed E-state index contributed by atoms with van der Waals surface area (Å²) in [6, 6.07) is 13.1. The third kappa shape index (κ3) is 2.79. The molecule has 2 aromatic carbocycles. The average molecular weight is 272 g/mol. The van der Waals surface area contributed by atoms with Crippen LogP contribution in [0.4, 0.5) is 5.69 Å². The molecule has 3 heteroatoms. The van der Waals surface area contributed by atoms with Gasteiger partial charge in [0.2, 0.25) is 0 Å². The summed E-state index contributed by atoms with van der Waals surface area (Å²) >= 11 is 0. The van der Waals surface area contributed by atoms with Gasteiger partial charge in [0.05, 0.1) is 6.61 Å². The minimum absolute atomic E-state index is 0.345. The topological polar surface area (TPSA) is 38.5 Å². The highest BCUT2D eigenvalue weighted by Crippen LogP contribution is 2.30. The summed E-state index contributed by atoms with van der Waals surface area (Å²) in [6.07, 6.45) is 0. The third-order valence-corrected chi connectivity index (χ3v) is 3.80. The molecule has 0 aliphatic carbocycles. The number of nitrogens with two attached hydrogens (primary N) is 1. The van der Waals surface area contributed by atoms with E-state index in [1.54, 1.807) is 7.11 Å². The first-order valence-electron chi connectivity index (χ1n) is 7.19. The second-order valence-corrected chi connectivity index (χ2v) is 5.08. The zero-order valence-electron chi connectivity index (χ0n) is 12.6. The van der Waals surface area contributed by atoms with Gasteiger partial charge in [-0.3, -0.25) is 0 Å². The minimum atomic E-state index is 0.345. The smallest absolute Gasteiger partial charge is 0.0663 e. The van der Waals surface area contributed by atoms with Crippen molar-refractivity contribution < 1.29 is 4.74 Å². The molecule has 0 fully saturated rings. The maximum Gasteiger partial charge on any atom is 0.0663 e. The van der Waals surface area contributed by atoms with Crippen LogP contribution in [0.2, 0.25) is 0 Å². The maximum absolute atomic E-state index is 5.85. The number of rotatable bonds is 6. The van der Waals surface area contributed by atoms with Crippen LogP contribution in [0, 0.1) is 0 Å². The number of hydrogen-bond donors (Lipinski definition) is 1. The number of ether oxygens (including phenoxy) is 1. The molecule has 3 nitrogen and oxygen atoms in total. The molecular weight excluding hydrogens is 248 g/mol. The Morgan fingerprint density at radius 1 is 1.15 bits per heavy atom. The van der Waals surface area contributed by atoms with Crippen molar-refractivity contribution in [2.45, 2.75) is 26.4 Å². The number of benzene rings is 2. The summed E-state index contributed by atoms with van der Waals surface area (Å²) in [7, 11) is 1.75. The minimum Gasteiger partial charge on any atom is -0.383 e. The van der Waals surface area contributed by atoms with E-state index in [1.165, 1.54) is 22.0 Å². The fourth-order valence-corrected chi connectivity index (χ4v) is 2.82. The normalized spacial score (nSPS) is 12.6. The van der Waals surface area contributed by atoms with Crippen LogP contribution in [0.5, 0.6) is 0 Å². The van der Waals surface area contributed by atoms with E-state index in [0.29, 0.717) is 12.6 Å². The number of nitrogens with zero attached hydrogens (tertiary/aromatic N) is 1. The SMILES string of the molecule is CCN(c1ccc(CN)c2ccccc12)C(C)COC. The molecule has 0 amide bonds. The van der Waals surface area contributed by atoms with Gasteiger partial charge in [0, 0.05) is 37.3 Å². The Kier molecular flexibility index (Phi) is 4.99. The Morgan fingerprint density at radius 2 is 1.85 bits per heavy atom. The molecule has 20 heavy (non-hydrogen) atoms. The quantitative estimate of drug-likeness (QED) is 0.878. The number of methoxy groups -OCH3 is 1. The number of anilines is 1. The predicted octanol–water partition coefficient (Wildman–Crippen LogP) is 3.16. The zero-order chi connectivity index (χ0) is 14.5. The van der Waals surface area contributed by atoms with Crippen LogP contribution in [0.3, 0.4) is 0 Å². The standard InChI is InChI=1S/C17H24N2O/c1-4-19(13(2)12-20-3)17-10-9-14(11-18)15-7-5-6-8-16(15)17/h5-10,13H,4,11-12,18H2,1-3H3. The van der Waals surface area contributed by atoms with Crippen LogP contribution in [0.25, 0.3) is 10.8 Å². The van der Waals surface area contributed by atoms with Crippen molar-refractivity contribution in [2.24, 2.45) is 5.73 Å². The average Bonchev–Trinajstić information content (AvgIpc) is 2.48. The Morgan fingerprint density at radius 3 is 2.45 bits per heavy atom. The number of fused-ring (bicyclic) bond motifs is 1. The molecule has 0 radical (unpaired) electrons. The lowest BCUT2D eigenvalue weighted by molar-refractivity contribution is 0.182. The highest BCUT2D eigenvalue weighted by atomic mass is 16.5. The van der Waals surface area contributed by atoms with E-state index in [-0.39, 0.29) is 0 Å². The third-order valence-electron chi connectivity index (χ3n) is 3.80. The van der Waals surface area contributed by atoms with Crippen molar-refractivity contribution in [1.82, 2.24) is 0 Å². The molecule has 0 spiro atoms. The summed E-state index contributed by atoms with van der Waals surface area (Å²) in [6.45, 7) is 6.62. The van der Waals surface area contributed by atoms with Gasteiger partial charge in [-0.15, -0.1) is 0 Å². The molecule has 2 N–H and O–H groups in total. The predicted molar refractivity (Wildman–Crippen MR) is 86.2 cm³/mol. The maximum atomic E-state index is 5.85. The first-order valence-corrected chi connectivity index (χ1v) is 7.19. The first kappa shape index (κ1) is 14.8. The molecular formula is C17H24N2O.